The van der Waals surface area contributed by atoms with Gasteiger partial charge in [0.15, 0.2) is 0 Å². The van der Waals surface area contributed by atoms with Gasteiger partial charge in [-0.15, -0.1) is 0 Å². The quantitative estimate of drug-likeness (QED) is 0.441. The number of nitrogens with zero attached hydrogens (tertiary/aromatic N) is 1. The van der Waals surface area contributed by atoms with Gasteiger partial charge in [-0.2, -0.15) is 13.2 Å². The van der Waals surface area contributed by atoms with Crippen molar-refractivity contribution in [3.05, 3.63) is 48.0 Å². The van der Waals surface area contributed by atoms with Gasteiger partial charge in [0.1, 0.15) is 11.9 Å². The number of rotatable bonds is 7. The van der Waals surface area contributed by atoms with Crippen LogP contribution in [0.5, 0.6) is 5.75 Å². The highest BCUT2D eigenvalue weighted by molar-refractivity contribution is 7.92. The molecule has 0 aromatic heterocycles. The van der Waals surface area contributed by atoms with Crippen molar-refractivity contribution in [2.24, 2.45) is 0 Å². The van der Waals surface area contributed by atoms with E-state index < -0.39 is 73.0 Å². The lowest BCUT2D eigenvalue weighted by molar-refractivity contribution is -0.137. The Balaban J connectivity index is 1.66. The highest BCUT2D eigenvalue weighted by atomic mass is 32.2. The lowest BCUT2D eigenvalue weighted by Crippen LogP contribution is -2.46. The first kappa shape index (κ1) is 28.5. The van der Waals surface area contributed by atoms with Crippen LogP contribution in [0, 0.1) is 0 Å². The van der Waals surface area contributed by atoms with Crippen molar-refractivity contribution in [1.29, 1.82) is 0 Å². The number of carbonyl (C=O) groups excluding carboxylic acids is 1. The molecular formula is C23H24F3N3O8S2. The molecule has 1 heterocycles. The van der Waals surface area contributed by atoms with Crippen molar-refractivity contribution in [1.82, 2.24) is 4.72 Å². The summed E-state index contributed by atoms with van der Waals surface area (Å²) in [4.78, 5) is 23.0. The van der Waals surface area contributed by atoms with Gasteiger partial charge in [0.05, 0.1) is 34.4 Å². The van der Waals surface area contributed by atoms with Gasteiger partial charge < -0.3 is 9.84 Å². The number of hydrogen-bond acceptors (Lipinski definition) is 7. The molecule has 11 nitrogen and oxygen atoms in total. The van der Waals surface area contributed by atoms with Gasteiger partial charge in [-0.3, -0.25) is 19.1 Å². The zero-order valence-electron chi connectivity index (χ0n) is 20.1. The Bertz CT molecular complexity index is 1490. The number of fused-ring (bicyclic) bond motifs is 1. The minimum atomic E-state index is -4.82. The molecule has 2 aromatic rings. The van der Waals surface area contributed by atoms with E-state index in [0.29, 0.717) is 42.1 Å². The van der Waals surface area contributed by atoms with E-state index in [4.69, 9.17) is 9.84 Å². The Kier molecular flexibility index (Phi) is 7.71. The molecule has 1 unspecified atom stereocenters. The third kappa shape index (κ3) is 6.38. The van der Waals surface area contributed by atoms with Crippen LogP contribution in [0.4, 0.5) is 29.3 Å². The van der Waals surface area contributed by atoms with Gasteiger partial charge in [-0.05, 0) is 49.2 Å². The summed E-state index contributed by atoms with van der Waals surface area (Å²) in [6, 6.07) is 6.67. The van der Waals surface area contributed by atoms with E-state index in [1.54, 1.807) is 0 Å². The highest BCUT2D eigenvalue weighted by Crippen LogP contribution is 2.40. The fraction of sp³-hybridized carbons (Fsp3) is 0.391. The molecule has 1 aliphatic carbocycles. The first-order chi connectivity index (χ1) is 18.2. The van der Waals surface area contributed by atoms with Crippen molar-refractivity contribution in [3.63, 3.8) is 0 Å². The lowest BCUT2D eigenvalue weighted by atomic mass is 10.1. The molecule has 3 N–H and O–H groups in total. The fourth-order valence-corrected chi connectivity index (χ4v) is 7.56. The molecule has 1 saturated carbocycles. The molecule has 2 aromatic carbocycles. The molecule has 4 rings (SSSR count). The average Bonchev–Trinajstić information content (AvgIpc) is 3.39. The molecule has 0 radical (unpaired) electrons. The van der Waals surface area contributed by atoms with Crippen molar-refractivity contribution < 1.29 is 49.4 Å². The van der Waals surface area contributed by atoms with Crippen molar-refractivity contribution in [2.45, 2.75) is 54.5 Å². The van der Waals surface area contributed by atoms with Crippen LogP contribution < -0.4 is 19.1 Å². The summed E-state index contributed by atoms with van der Waals surface area (Å²) < 4.78 is 100. The highest BCUT2D eigenvalue weighted by Gasteiger charge is 2.38. The van der Waals surface area contributed by atoms with E-state index in [2.05, 4.69) is 5.32 Å². The normalized spacial score (nSPS) is 18.2. The van der Waals surface area contributed by atoms with Gasteiger partial charge in [0.25, 0.3) is 10.0 Å². The average molecular weight is 592 g/mol. The predicted octanol–water partition coefficient (Wildman–Crippen LogP) is 3.53. The number of halogens is 3. The van der Waals surface area contributed by atoms with E-state index in [1.807, 2.05) is 4.72 Å². The number of anilines is 2. The minimum absolute atomic E-state index is 0.0482. The van der Waals surface area contributed by atoms with E-state index >= 15 is 0 Å². The topological polar surface area (TPSA) is 159 Å². The fourth-order valence-electron chi connectivity index (χ4n) is 4.50. The lowest BCUT2D eigenvalue weighted by Gasteiger charge is -2.35. The summed E-state index contributed by atoms with van der Waals surface area (Å²) in [7, 11) is -8.64. The third-order valence-electron chi connectivity index (χ3n) is 6.30. The van der Waals surface area contributed by atoms with Crippen LogP contribution in [0.25, 0.3) is 0 Å². The largest absolute Gasteiger partial charge is 0.486 e. The van der Waals surface area contributed by atoms with Crippen LogP contribution in [-0.4, -0.2) is 51.8 Å². The predicted molar refractivity (Wildman–Crippen MR) is 132 cm³/mol. The number of hydrogen-bond donors (Lipinski definition) is 3. The molecule has 39 heavy (non-hydrogen) atoms. The first-order valence-electron chi connectivity index (χ1n) is 11.7. The van der Waals surface area contributed by atoms with Crippen LogP contribution >= 0.6 is 0 Å². The number of alkyl halides is 3. The van der Waals surface area contributed by atoms with Gasteiger partial charge in [0.2, 0.25) is 15.9 Å². The standard InChI is InChI=1S/C23H24F3N3O8S2/c24-23(25,26)14-4-3-7-18(10-14)39(35,36)29-13-16(12-21(30)28-38(33,34)17-5-1-2-6-17)37-20-9-8-15(11-19(20)29)27-22(31)32/h3-4,7-11,16-17,27H,1-2,5-6,12-13H2,(H,28,30)(H,31,32). The second kappa shape index (κ2) is 10.6. The third-order valence-corrected chi connectivity index (χ3v) is 9.94. The second-order valence-corrected chi connectivity index (χ2v) is 12.9. The summed E-state index contributed by atoms with van der Waals surface area (Å²) in [6.07, 6.45) is -5.82. The number of amides is 2. The van der Waals surface area contributed by atoms with E-state index in [9.17, 15) is 39.6 Å². The molecule has 0 saturated heterocycles. The van der Waals surface area contributed by atoms with Crippen LogP contribution in [0.3, 0.4) is 0 Å². The number of benzene rings is 2. The Morgan fingerprint density at radius 1 is 1.05 bits per heavy atom. The van der Waals surface area contributed by atoms with E-state index in [0.717, 1.165) is 18.2 Å². The molecule has 1 fully saturated rings. The zero-order chi connectivity index (χ0) is 28.6. The van der Waals surface area contributed by atoms with Gasteiger partial charge in [0, 0.05) is 5.69 Å². The van der Waals surface area contributed by atoms with Crippen molar-refractivity contribution >= 4 is 43.4 Å². The molecule has 1 aliphatic heterocycles. The summed E-state index contributed by atoms with van der Waals surface area (Å²) in [5.41, 5.74) is -1.44. The number of ether oxygens (including phenoxy) is 1. The SMILES string of the molecule is O=C(O)Nc1ccc2c(c1)N(S(=O)(=O)c1cccc(C(F)(F)F)c1)CC(CC(=O)NS(=O)(=O)C1CCCC1)O2. The maximum absolute atomic E-state index is 13.6. The maximum Gasteiger partial charge on any atom is 0.416 e. The van der Waals surface area contributed by atoms with Crippen LogP contribution in [0.15, 0.2) is 47.4 Å². The summed E-state index contributed by atoms with van der Waals surface area (Å²) >= 11 is 0. The van der Waals surface area contributed by atoms with E-state index in [1.165, 1.54) is 12.1 Å². The first-order valence-corrected chi connectivity index (χ1v) is 14.7. The van der Waals surface area contributed by atoms with Crippen LogP contribution in [0.2, 0.25) is 0 Å². The molecule has 0 spiro atoms. The summed E-state index contributed by atoms with van der Waals surface area (Å²) in [5, 5.41) is 10.4. The molecule has 212 valence electrons. The van der Waals surface area contributed by atoms with Gasteiger partial charge >= 0.3 is 12.3 Å². The molecule has 0 bridgehead atoms. The number of carboxylic acid groups (broad SMARTS) is 1. The van der Waals surface area contributed by atoms with E-state index in [-0.39, 0.29) is 17.1 Å². The van der Waals surface area contributed by atoms with Gasteiger partial charge in [-0.1, -0.05) is 18.9 Å². The van der Waals surface area contributed by atoms with Crippen molar-refractivity contribution in [2.75, 3.05) is 16.2 Å². The Labute approximate surface area is 222 Å². The smallest absolute Gasteiger partial charge is 0.416 e. The molecular weight excluding hydrogens is 567 g/mol. The minimum Gasteiger partial charge on any atom is -0.486 e. The molecule has 2 amide bonds. The summed E-state index contributed by atoms with van der Waals surface area (Å²) in [5.74, 6) is -1.04. The number of nitrogens with one attached hydrogen (secondary N) is 2. The Morgan fingerprint density at radius 3 is 2.38 bits per heavy atom. The Hall–Kier alpha value is -3.53. The second-order valence-electron chi connectivity index (χ2n) is 9.10. The van der Waals surface area contributed by atoms with Crippen LogP contribution in [0.1, 0.15) is 37.7 Å². The van der Waals surface area contributed by atoms with Gasteiger partial charge in [-0.25, -0.2) is 21.6 Å². The zero-order valence-corrected chi connectivity index (χ0v) is 21.8. The maximum atomic E-state index is 13.6. The molecule has 1 atom stereocenters. The monoisotopic (exact) mass is 591 g/mol. The molecule has 16 heteroatoms. The number of sulfonamides is 2. The number of carbonyl (C=O) groups is 2. The van der Waals surface area contributed by atoms with Crippen molar-refractivity contribution in [3.8, 4) is 5.75 Å². The van der Waals surface area contributed by atoms with Crippen LogP contribution in [-0.2, 0) is 31.0 Å². The summed E-state index contributed by atoms with van der Waals surface area (Å²) in [6.45, 7) is -0.570. The Morgan fingerprint density at radius 2 is 1.74 bits per heavy atom. The molecule has 2 aliphatic rings.